The van der Waals surface area contributed by atoms with Gasteiger partial charge in [-0.25, -0.2) is 4.99 Å². The number of ether oxygens (including phenoxy) is 2. The Hall–Kier alpha value is -1.71. The number of fused-ring (bicyclic) bond motifs is 1. The Morgan fingerprint density at radius 3 is 2.50 bits per heavy atom. The minimum atomic E-state index is 0. The van der Waals surface area contributed by atoms with Crippen LogP contribution in [0, 0.1) is 0 Å². The largest absolute Gasteiger partial charge is 0.490 e. The van der Waals surface area contributed by atoms with Gasteiger partial charge >= 0.3 is 0 Å². The summed E-state index contributed by atoms with van der Waals surface area (Å²) >= 11 is 0. The first-order valence-corrected chi connectivity index (χ1v) is 9.86. The smallest absolute Gasteiger partial charge is 0.224 e. The molecule has 1 amide bonds. The SMILES string of the molecule is CCNC(=NCc1ccc2c(c1)OCCCO2)NCCC(=O)N(CC)CC.I. The topological polar surface area (TPSA) is 75.2 Å². The van der Waals surface area contributed by atoms with Crippen molar-refractivity contribution in [2.45, 2.75) is 40.2 Å². The second-order valence-corrected chi connectivity index (χ2v) is 6.27. The van der Waals surface area contributed by atoms with Gasteiger partial charge < -0.3 is 25.0 Å². The summed E-state index contributed by atoms with van der Waals surface area (Å²) in [6, 6.07) is 5.93. The van der Waals surface area contributed by atoms with Crippen molar-refractivity contribution in [2.75, 3.05) is 39.4 Å². The molecule has 0 atom stereocenters. The number of benzene rings is 1. The number of nitrogens with zero attached hydrogens (tertiary/aromatic N) is 2. The highest BCUT2D eigenvalue weighted by molar-refractivity contribution is 14.0. The molecule has 1 aliphatic heterocycles. The van der Waals surface area contributed by atoms with Gasteiger partial charge in [0.15, 0.2) is 17.5 Å². The number of guanidine groups is 1. The molecule has 0 aromatic heterocycles. The lowest BCUT2D eigenvalue weighted by Gasteiger charge is -2.19. The highest BCUT2D eigenvalue weighted by Crippen LogP contribution is 2.30. The summed E-state index contributed by atoms with van der Waals surface area (Å²) in [7, 11) is 0. The van der Waals surface area contributed by atoms with Crippen LogP contribution < -0.4 is 20.1 Å². The zero-order valence-electron chi connectivity index (χ0n) is 17.1. The van der Waals surface area contributed by atoms with Gasteiger partial charge in [0.2, 0.25) is 5.91 Å². The van der Waals surface area contributed by atoms with E-state index in [-0.39, 0.29) is 29.9 Å². The molecular weight excluding hydrogens is 471 g/mol. The van der Waals surface area contributed by atoms with E-state index in [2.05, 4.69) is 15.6 Å². The molecule has 0 saturated heterocycles. The molecule has 0 fully saturated rings. The van der Waals surface area contributed by atoms with Gasteiger partial charge in [-0.15, -0.1) is 24.0 Å². The molecule has 28 heavy (non-hydrogen) atoms. The van der Waals surface area contributed by atoms with Crippen molar-refractivity contribution in [3.05, 3.63) is 23.8 Å². The number of halogens is 1. The van der Waals surface area contributed by atoms with E-state index < -0.39 is 0 Å². The van der Waals surface area contributed by atoms with Gasteiger partial charge in [0.05, 0.1) is 19.8 Å². The van der Waals surface area contributed by atoms with Gasteiger partial charge in [-0.1, -0.05) is 6.07 Å². The zero-order valence-corrected chi connectivity index (χ0v) is 19.5. The molecule has 1 aromatic carbocycles. The highest BCUT2D eigenvalue weighted by atomic mass is 127. The van der Waals surface area contributed by atoms with Crippen LogP contribution in [0.1, 0.15) is 39.2 Å². The van der Waals surface area contributed by atoms with Gasteiger partial charge in [0.25, 0.3) is 0 Å². The normalized spacial score (nSPS) is 13.2. The number of aliphatic imine (C=N–C) groups is 1. The Morgan fingerprint density at radius 2 is 1.82 bits per heavy atom. The summed E-state index contributed by atoms with van der Waals surface area (Å²) in [4.78, 5) is 18.5. The third kappa shape index (κ3) is 7.73. The Kier molecular flexibility index (Phi) is 11.7. The maximum Gasteiger partial charge on any atom is 0.224 e. The third-order valence-electron chi connectivity index (χ3n) is 4.32. The summed E-state index contributed by atoms with van der Waals surface area (Å²) in [5.41, 5.74) is 1.05. The molecule has 0 aliphatic carbocycles. The zero-order chi connectivity index (χ0) is 19.5. The molecule has 2 N–H and O–H groups in total. The van der Waals surface area contributed by atoms with Crippen molar-refractivity contribution >= 4 is 35.8 Å². The van der Waals surface area contributed by atoms with Crippen LogP contribution >= 0.6 is 24.0 Å². The van der Waals surface area contributed by atoms with E-state index in [1.54, 1.807) is 0 Å². The van der Waals surface area contributed by atoms with E-state index in [0.717, 1.165) is 43.1 Å². The van der Waals surface area contributed by atoms with Crippen molar-refractivity contribution in [2.24, 2.45) is 4.99 Å². The van der Waals surface area contributed by atoms with Crippen LogP contribution in [-0.4, -0.2) is 56.2 Å². The first kappa shape index (κ1) is 24.3. The molecule has 0 unspecified atom stereocenters. The Balaban J connectivity index is 0.00000392. The Labute approximate surface area is 185 Å². The average molecular weight is 504 g/mol. The number of carbonyl (C=O) groups excluding carboxylic acids is 1. The average Bonchev–Trinajstić information content (AvgIpc) is 2.92. The number of hydrogen-bond acceptors (Lipinski definition) is 4. The summed E-state index contributed by atoms with van der Waals surface area (Å²) in [6.45, 7) is 10.7. The molecule has 1 aromatic rings. The molecule has 0 spiro atoms. The summed E-state index contributed by atoms with van der Waals surface area (Å²) in [5, 5.41) is 6.45. The van der Waals surface area contributed by atoms with Gasteiger partial charge in [-0.2, -0.15) is 0 Å². The number of rotatable bonds is 8. The van der Waals surface area contributed by atoms with E-state index in [0.29, 0.717) is 38.7 Å². The van der Waals surface area contributed by atoms with Crippen LogP contribution in [0.5, 0.6) is 11.5 Å². The van der Waals surface area contributed by atoms with Gasteiger partial charge in [0, 0.05) is 39.0 Å². The van der Waals surface area contributed by atoms with E-state index in [1.165, 1.54) is 0 Å². The van der Waals surface area contributed by atoms with E-state index >= 15 is 0 Å². The molecule has 2 rings (SSSR count). The van der Waals surface area contributed by atoms with Crippen LogP contribution in [0.25, 0.3) is 0 Å². The number of nitrogens with one attached hydrogen (secondary N) is 2. The third-order valence-corrected chi connectivity index (χ3v) is 4.32. The fourth-order valence-electron chi connectivity index (χ4n) is 2.84. The van der Waals surface area contributed by atoms with Crippen LogP contribution in [0.15, 0.2) is 23.2 Å². The van der Waals surface area contributed by atoms with Crippen LogP contribution in [0.2, 0.25) is 0 Å². The summed E-state index contributed by atoms with van der Waals surface area (Å²) in [6.07, 6.45) is 1.35. The molecule has 8 heteroatoms. The lowest BCUT2D eigenvalue weighted by molar-refractivity contribution is -0.130. The molecule has 1 aliphatic rings. The maximum absolute atomic E-state index is 12.1. The standard InChI is InChI=1S/C20H32N4O3.HI/c1-4-21-20(22-11-10-19(25)24(5-2)6-3)23-15-16-8-9-17-18(14-16)27-13-7-12-26-17;/h8-9,14H,4-7,10-13,15H2,1-3H3,(H2,21,22,23);1H. The number of amides is 1. The van der Waals surface area contributed by atoms with E-state index in [4.69, 9.17) is 9.47 Å². The van der Waals surface area contributed by atoms with E-state index in [1.807, 2.05) is 43.9 Å². The minimum Gasteiger partial charge on any atom is -0.490 e. The summed E-state index contributed by atoms with van der Waals surface area (Å²) < 4.78 is 11.4. The predicted octanol–water partition coefficient (Wildman–Crippen LogP) is 2.78. The predicted molar refractivity (Wildman–Crippen MR) is 123 cm³/mol. The number of carbonyl (C=O) groups is 1. The molecular formula is C20H33IN4O3. The molecule has 1 heterocycles. The molecule has 0 radical (unpaired) electrons. The van der Waals surface area contributed by atoms with Crippen LogP contribution in [0.3, 0.4) is 0 Å². The first-order chi connectivity index (χ1) is 13.2. The highest BCUT2D eigenvalue weighted by Gasteiger charge is 2.11. The van der Waals surface area contributed by atoms with Crippen molar-refractivity contribution in [1.82, 2.24) is 15.5 Å². The van der Waals surface area contributed by atoms with Crippen molar-refractivity contribution in [3.63, 3.8) is 0 Å². The van der Waals surface area contributed by atoms with Gasteiger partial charge in [0.1, 0.15) is 0 Å². The second-order valence-electron chi connectivity index (χ2n) is 6.27. The monoisotopic (exact) mass is 504 g/mol. The first-order valence-electron chi connectivity index (χ1n) is 9.86. The molecule has 7 nitrogen and oxygen atoms in total. The van der Waals surface area contributed by atoms with Crippen molar-refractivity contribution < 1.29 is 14.3 Å². The van der Waals surface area contributed by atoms with Crippen molar-refractivity contribution in [3.8, 4) is 11.5 Å². The summed E-state index contributed by atoms with van der Waals surface area (Å²) in [5.74, 6) is 2.44. The molecule has 0 bridgehead atoms. The lowest BCUT2D eigenvalue weighted by Crippen LogP contribution is -2.40. The lowest BCUT2D eigenvalue weighted by atomic mass is 10.2. The van der Waals surface area contributed by atoms with E-state index in [9.17, 15) is 4.79 Å². The fraction of sp³-hybridized carbons (Fsp3) is 0.600. The fourth-order valence-corrected chi connectivity index (χ4v) is 2.84. The Bertz CT molecular complexity index is 636. The maximum atomic E-state index is 12.1. The van der Waals surface area contributed by atoms with Gasteiger partial charge in [-0.3, -0.25) is 4.79 Å². The molecule has 0 saturated carbocycles. The van der Waals surface area contributed by atoms with Crippen LogP contribution in [-0.2, 0) is 11.3 Å². The van der Waals surface area contributed by atoms with Crippen LogP contribution in [0.4, 0.5) is 0 Å². The quantitative estimate of drug-likeness (QED) is 0.324. The second kappa shape index (κ2) is 13.5. The Morgan fingerprint density at radius 1 is 1.11 bits per heavy atom. The minimum absolute atomic E-state index is 0. The van der Waals surface area contributed by atoms with Gasteiger partial charge in [-0.05, 0) is 38.5 Å². The molecule has 158 valence electrons. The van der Waals surface area contributed by atoms with Crippen molar-refractivity contribution in [1.29, 1.82) is 0 Å². The number of hydrogen-bond donors (Lipinski definition) is 2.